The third-order valence-electron chi connectivity index (χ3n) is 4.73. The van der Waals surface area contributed by atoms with E-state index in [9.17, 15) is 4.79 Å². The van der Waals surface area contributed by atoms with Gasteiger partial charge in [-0.3, -0.25) is 4.79 Å². The van der Waals surface area contributed by atoms with E-state index >= 15 is 0 Å². The Bertz CT molecular complexity index is 963. The average molecular weight is 368 g/mol. The van der Waals surface area contributed by atoms with Crippen LogP contribution in [0.4, 0.5) is 5.82 Å². The van der Waals surface area contributed by atoms with Gasteiger partial charge in [0.1, 0.15) is 5.82 Å². The Morgan fingerprint density at radius 3 is 2.62 bits per heavy atom. The molecule has 4 rings (SSSR count). The Balaban J connectivity index is 1.82. The zero-order chi connectivity index (χ0) is 18.3. The van der Waals surface area contributed by atoms with Crippen molar-refractivity contribution in [2.75, 3.05) is 5.32 Å². The van der Waals surface area contributed by atoms with Gasteiger partial charge in [0.15, 0.2) is 11.0 Å². The van der Waals surface area contributed by atoms with Gasteiger partial charge in [0.25, 0.3) is 0 Å². The van der Waals surface area contributed by atoms with Crippen LogP contribution in [0.25, 0.3) is 5.82 Å². The molecule has 0 bridgehead atoms. The number of hydrogen-bond donors (Lipinski definition) is 1. The summed E-state index contributed by atoms with van der Waals surface area (Å²) in [7, 11) is 0. The van der Waals surface area contributed by atoms with E-state index in [0.29, 0.717) is 23.2 Å². The molecule has 6 nitrogen and oxygen atoms in total. The summed E-state index contributed by atoms with van der Waals surface area (Å²) in [4.78, 5) is 12.4. The number of anilines is 1. The van der Waals surface area contributed by atoms with Gasteiger partial charge in [-0.25, -0.2) is 0 Å². The van der Waals surface area contributed by atoms with Crippen LogP contribution in [0.1, 0.15) is 41.6 Å². The van der Waals surface area contributed by atoms with Crippen molar-refractivity contribution in [1.82, 2.24) is 20.0 Å². The molecule has 26 heavy (non-hydrogen) atoms. The number of nitrogens with zero attached hydrogens (tertiary/aromatic N) is 4. The Kier molecular flexibility index (Phi) is 4.20. The number of nitrogens with one attached hydrogen (secondary N) is 1. The molecule has 1 aromatic carbocycles. The Morgan fingerprint density at radius 2 is 1.96 bits per heavy atom. The third kappa shape index (κ3) is 2.86. The summed E-state index contributed by atoms with van der Waals surface area (Å²) in [5.41, 5.74) is 4.27. The molecule has 0 spiro atoms. The smallest absolute Gasteiger partial charge is 0.226 e. The number of benzene rings is 1. The molecule has 0 radical (unpaired) electrons. The molecule has 1 amide bonds. The van der Waals surface area contributed by atoms with Crippen LogP contribution >= 0.6 is 11.6 Å². The molecular weight excluding hydrogens is 350 g/mol. The topological polar surface area (TPSA) is 72.7 Å². The van der Waals surface area contributed by atoms with Crippen molar-refractivity contribution in [2.45, 2.75) is 32.6 Å². The largest absolute Gasteiger partial charge is 0.310 e. The normalized spacial score (nSPS) is 16.3. The number of hydrogen-bond acceptors (Lipinski definition) is 4. The van der Waals surface area contributed by atoms with Crippen LogP contribution < -0.4 is 5.32 Å². The van der Waals surface area contributed by atoms with Gasteiger partial charge in [0.05, 0.1) is 5.69 Å². The maximum atomic E-state index is 12.4. The fraction of sp³-hybridized carbons (Fsp3) is 0.263. The van der Waals surface area contributed by atoms with Crippen LogP contribution in [-0.2, 0) is 11.2 Å². The molecule has 2 aromatic heterocycles. The molecule has 3 heterocycles. The molecule has 1 aliphatic rings. The number of fused-ring (bicyclic) bond motifs is 1. The van der Waals surface area contributed by atoms with Crippen molar-refractivity contribution in [3.05, 3.63) is 63.9 Å². The second-order valence-corrected chi connectivity index (χ2v) is 6.76. The maximum absolute atomic E-state index is 12.4. The summed E-state index contributed by atoms with van der Waals surface area (Å²) in [6.07, 6.45) is 1.39. The second-order valence-electron chi connectivity index (χ2n) is 6.37. The van der Waals surface area contributed by atoms with Crippen molar-refractivity contribution >= 4 is 23.3 Å². The number of aromatic nitrogens is 4. The first kappa shape index (κ1) is 16.7. The number of carbonyl (C=O) groups is 1. The van der Waals surface area contributed by atoms with E-state index in [0.717, 1.165) is 23.2 Å². The number of rotatable bonds is 3. The van der Waals surface area contributed by atoms with Gasteiger partial charge in [-0.05, 0) is 36.6 Å². The number of halogens is 1. The molecule has 7 heteroatoms. The summed E-state index contributed by atoms with van der Waals surface area (Å²) < 4.78 is 1.62. The first-order valence-corrected chi connectivity index (χ1v) is 8.92. The molecule has 0 saturated carbocycles. The van der Waals surface area contributed by atoms with Gasteiger partial charge in [0, 0.05) is 17.9 Å². The van der Waals surface area contributed by atoms with E-state index in [-0.39, 0.29) is 11.8 Å². The third-order valence-corrected chi connectivity index (χ3v) is 4.93. The van der Waals surface area contributed by atoms with Gasteiger partial charge in [-0.2, -0.15) is 9.78 Å². The van der Waals surface area contributed by atoms with Crippen molar-refractivity contribution in [3.63, 3.8) is 0 Å². The van der Waals surface area contributed by atoms with Crippen LogP contribution in [-0.4, -0.2) is 25.9 Å². The Labute approximate surface area is 156 Å². The van der Waals surface area contributed by atoms with Crippen LogP contribution in [0.5, 0.6) is 0 Å². The van der Waals surface area contributed by atoms with Crippen LogP contribution in [0.2, 0.25) is 5.15 Å². The van der Waals surface area contributed by atoms with Gasteiger partial charge >= 0.3 is 0 Å². The zero-order valence-corrected chi connectivity index (χ0v) is 15.3. The van der Waals surface area contributed by atoms with E-state index in [1.165, 1.54) is 5.56 Å². The minimum Gasteiger partial charge on any atom is -0.310 e. The predicted octanol–water partition coefficient (Wildman–Crippen LogP) is 3.66. The van der Waals surface area contributed by atoms with Gasteiger partial charge in [-0.1, -0.05) is 42.8 Å². The fourth-order valence-corrected chi connectivity index (χ4v) is 3.51. The average Bonchev–Trinajstić information content (AvgIpc) is 2.98. The molecule has 0 aliphatic carbocycles. The lowest BCUT2D eigenvalue weighted by atomic mass is 9.85. The van der Waals surface area contributed by atoms with Gasteiger partial charge in [0.2, 0.25) is 5.91 Å². The number of carbonyl (C=O) groups excluding carboxylic acids is 1. The standard InChI is InChI=1S/C19H18ClN5O/c1-3-12-4-6-13(7-5-12)14-10-17(26)21-19-18(14)11(2)24-25(19)16-9-8-15(20)22-23-16/h4-9,14H,3,10H2,1-2H3,(H,21,26). The van der Waals surface area contributed by atoms with Gasteiger partial charge < -0.3 is 5.32 Å². The number of aryl methyl sites for hydroxylation is 2. The quantitative estimate of drug-likeness (QED) is 0.766. The van der Waals surface area contributed by atoms with E-state index in [1.807, 2.05) is 6.92 Å². The molecule has 1 aliphatic heterocycles. The molecule has 1 unspecified atom stereocenters. The molecule has 0 saturated heterocycles. The van der Waals surface area contributed by atoms with Crippen LogP contribution in [0.15, 0.2) is 36.4 Å². The Morgan fingerprint density at radius 1 is 1.19 bits per heavy atom. The highest BCUT2D eigenvalue weighted by Crippen LogP contribution is 2.40. The highest BCUT2D eigenvalue weighted by molar-refractivity contribution is 6.29. The second kappa shape index (κ2) is 6.53. The lowest BCUT2D eigenvalue weighted by Gasteiger charge is -2.24. The summed E-state index contributed by atoms with van der Waals surface area (Å²) in [6.45, 7) is 4.08. The van der Waals surface area contributed by atoms with Crippen molar-refractivity contribution < 1.29 is 4.79 Å². The van der Waals surface area contributed by atoms with E-state index in [1.54, 1.807) is 16.8 Å². The summed E-state index contributed by atoms with van der Waals surface area (Å²) in [6, 6.07) is 11.8. The fourth-order valence-electron chi connectivity index (χ4n) is 3.41. The first-order valence-electron chi connectivity index (χ1n) is 8.54. The summed E-state index contributed by atoms with van der Waals surface area (Å²) in [5.74, 6) is 1.10. The monoisotopic (exact) mass is 367 g/mol. The minimum absolute atomic E-state index is 0.0290. The SMILES string of the molecule is CCc1ccc(C2CC(=O)Nc3c2c(C)nn3-c2ccc(Cl)nn2)cc1. The summed E-state index contributed by atoms with van der Waals surface area (Å²) in [5, 5.41) is 15.8. The molecule has 132 valence electrons. The molecule has 3 aromatic rings. The van der Waals surface area contributed by atoms with Crippen molar-refractivity contribution in [3.8, 4) is 5.82 Å². The zero-order valence-electron chi connectivity index (χ0n) is 14.5. The molecule has 0 fully saturated rings. The maximum Gasteiger partial charge on any atom is 0.226 e. The first-order chi connectivity index (χ1) is 12.6. The highest BCUT2D eigenvalue weighted by Gasteiger charge is 2.32. The predicted molar refractivity (Wildman–Crippen MR) is 99.8 cm³/mol. The van der Waals surface area contributed by atoms with Crippen LogP contribution in [0, 0.1) is 6.92 Å². The molecular formula is C19H18ClN5O. The van der Waals surface area contributed by atoms with E-state index < -0.39 is 0 Å². The van der Waals surface area contributed by atoms with E-state index in [2.05, 4.69) is 51.8 Å². The minimum atomic E-state index is -0.0369. The summed E-state index contributed by atoms with van der Waals surface area (Å²) >= 11 is 5.83. The van der Waals surface area contributed by atoms with Crippen LogP contribution in [0.3, 0.4) is 0 Å². The highest BCUT2D eigenvalue weighted by atomic mass is 35.5. The van der Waals surface area contributed by atoms with E-state index in [4.69, 9.17) is 11.6 Å². The van der Waals surface area contributed by atoms with Gasteiger partial charge in [-0.15, -0.1) is 10.2 Å². The van der Waals surface area contributed by atoms with Crippen molar-refractivity contribution in [1.29, 1.82) is 0 Å². The lowest BCUT2D eigenvalue weighted by Crippen LogP contribution is -2.25. The van der Waals surface area contributed by atoms with Crippen molar-refractivity contribution in [2.24, 2.45) is 0 Å². The number of amides is 1. The Hall–Kier alpha value is -2.73. The molecule has 1 atom stereocenters. The molecule has 1 N–H and O–H groups in total. The lowest BCUT2D eigenvalue weighted by molar-refractivity contribution is -0.116.